The summed E-state index contributed by atoms with van der Waals surface area (Å²) in [6.45, 7) is 6.60. The SMILES string of the molecule is CN1CCN(c2c(F)cc3c(=O)c(-c4nnc(-c5cn(C6CC6)c6cc(N7CCNCC7)c(F)cc6c5=O)o4)cn4c3c2SCC4)CC1. The summed E-state index contributed by atoms with van der Waals surface area (Å²) >= 11 is 1.57. The molecule has 0 unspecified atom stereocenters. The molecule has 11 nitrogen and oxygen atoms in total. The first kappa shape index (κ1) is 29.8. The minimum atomic E-state index is -0.453. The van der Waals surface area contributed by atoms with Gasteiger partial charge in [-0.1, -0.05) is 0 Å². The predicted molar refractivity (Wildman–Crippen MR) is 182 cm³/mol. The molecule has 3 aliphatic heterocycles. The van der Waals surface area contributed by atoms with E-state index in [1.54, 1.807) is 30.2 Å². The van der Waals surface area contributed by atoms with Gasteiger partial charge in [-0.05, 0) is 38.1 Å². The van der Waals surface area contributed by atoms with E-state index in [-0.39, 0.29) is 39.7 Å². The van der Waals surface area contributed by atoms with Gasteiger partial charge >= 0.3 is 0 Å². The lowest BCUT2D eigenvalue weighted by atomic mass is 10.1. The number of hydrogen-bond acceptors (Lipinski definition) is 10. The van der Waals surface area contributed by atoms with E-state index in [9.17, 15) is 9.59 Å². The lowest BCUT2D eigenvalue weighted by Gasteiger charge is -2.36. The van der Waals surface area contributed by atoms with Crippen molar-refractivity contribution in [2.45, 2.75) is 30.3 Å². The molecule has 14 heteroatoms. The molecule has 6 heterocycles. The number of halogens is 2. The molecule has 4 aliphatic rings. The smallest absolute Gasteiger partial charge is 0.253 e. The second-order valence-electron chi connectivity index (χ2n) is 13.1. The van der Waals surface area contributed by atoms with Crippen LogP contribution in [-0.2, 0) is 6.54 Å². The number of hydrogen-bond donors (Lipinski definition) is 1. The summed E-state index contributed by atoms with van der Waals surface area (Å²) in [5.41, 5.74) is 1.86. The van der Waals surface area contributed by atoms with E-state index in [2.05, 4.69) is 32.4 Å². The highest BCUT2D eigenvalue weighted by molar-refractivity contribution is 7.99. The summed E-state index contributed by atoms with van der Waals surface area (Å²) in [5, 5.41) is 12.2. The van der Waals surface area contributed by atoms with Gasteiger partial charge in [0.2, 0.25) is 10.9 Å². The number of rotatable bonds is 5. The Morgan fingerprint density at radius 1 is 0.833 bits per heavy atom. The first-order valence-electron chi connectivity index (χ1n) is 16.5. The Morgan fingerprint density at radius 2 is 1.52 bits per heavy atom. The molecule has 248 valence electrons. The number of thioether (sulfide) groups is 1. The largest absolute Gasteiger partial charge is 0.416 e. The zero-order valence-electron chi connectivity index (χ0n) is 26.5. The summed E-state index contributed by atoms with van der Waals surface area (Å²) in [6.07, 6.45) is 5.30. The highest BCUT2D eigenvalue weighted by atomic mass is 32.2. The number of nitrogens with zero attached hydrogens (tertiary/aromatic N) is 7. The van der Waals surface area contributed by atoms with Gasteiger partial charge < -0.3 is 33.6 Å². The first-order chi connectivity index (χ1) is 23.4. The van der Waals surface area contributed by atoms with Crippen LogP contribution in [0.5, 0.6) is 0 Å². The normalized spacial score (nSPS) is 18.7. The molecule has 3 fully saturated rings. The maximum Gasteiger partial charge on any atom is 0.253 e. The standard InChI is InChI=1S/C34H34F2N8O3S/c1-40-8-10-42(11-9-40)29-25(36)15-21-28-32(29)48-13-12-43(28)17-22(31(21)46)33-38-39-34(47-33)23-18-44(19-2-3-19)26-16-27(41-6-4-37-5-7-41)24(35)14-20(26)30(23)45/h14-19,37H,2-13H2,1H3. The van der Waals surface area contributed by atoms with Crippen LogP contribution in [-0.4, -0.2) is 89.4 Å². The van der Waals surface area contributed by atoms with Crippen LogP contribution in [0.3, 0.4) is 0 Å². The average molecular weight is 673 g/mol. The van der Waals surface area contributed by atoms with Gasteiger partial charge in [-0.15, -0.1) is 22.0 Å². The second kappa shape index (κ2) is 11.4. The number of anilines is 2. The Morgan fingerprint density at radius 3 is 2.25 bits per heavy atom. The molecule has 9 rings (SSSR count). The number of benzene rings is 2. The lowest BCUT2D eigenvalue weighted by molar-refractivity contribution is 0.311. The third kappa shape index (κ3) is 4.83. The van der Waals surface area contributed by atoms with Crippen LogP contribution in [0.25, 0.3) is 44.7 Å². The number of aryl methyl sites for hydroxylation is 1. The molecule has 0 radical (unpaired) electrons. The molecule has 0 atom stereocenters. The summed E-state index contributed by atoms with van der Waals surface area (Å²) in [5.74, 6) is -0.266. The molecule has 0 amide bonds. The van der Waals surface area contributed by atoms with Crippen LogP contribution in [0.4, 0.5) is 20.2 Å². The van der Waals surface area contributed by atoms with E-state index in [1.807, 2.05) is 14.0 Å². The van der Waals surface area contributed by atoms with E-state index >= 15 is 8.78 Å². The zero-order valence-corrected chi connectivity index (χ0v) is 27.3. The molecule has 1 aliphatic carbocycles. The zero-order chi connectivity index (χ0) is 32.7. The summed E-state index contributed by atoms with van der Waals surface area (Å²) < 4.78 is 41.4. The highest BCUT2D eigenvalue weighted by Crippen LogP contribution is 2.42. The van der Waals surface area contributed by atoms with Crippen LogP contribution >= 0.6 is 11.8 Å². The Bertz CT molecular complexity index is 2230. The van der Waals surface area contributed by atoms with Gasteiger partial charge in [0, 0.05) is 88.5 Å². The number of likely N-dealkylation sites (N-methyl/N-ethyl adjacent to an activating group) is 1. The van der Waals surface area contributed by atoms with E-state index in [0.29, 0.717) is 60.9 Å². The Labute approximate surface area is 278 Å². The van der Waals surface area contributed by atoms with Crippen LogP contribution in [0.2, 0.25) is 0 Å². The van der Waals surface area contributed by atoms with Gasteiger partial charge in [0.15, 0.2) is 0 Å². The van der Waals surface area contributed by atoms with Crippen molar-refractivity contribution in [3.05, 3.63) is 62.7 Å². The van der Waals surface area contributed by atoms with Gasteiger partial charge in [0.25, 0.3) is 11.8 Å². The highest BCUT2D eigenvalue weighted by Gasteiger charge is 2.31. The molecule has 48 heavy (non-hydrogen) atoms. The van der Waals surface area contributed by atoms with Crippen molar-refractivity contribution in [3.63, 3.8) is 0 Å². The number of piperazine rings is 2. The maximum atomic E-state index is 15.8. The van der Waals surface area contributed by atoms with Crippen LogP contribution in [0, 0.1) is 11.6 Å². The molecule has 1 N–H and O–H groups in total. The van der Waals surface area contributed by atoms with Crippen molar-refractivity contribution < 1.29 is 13.2 Å². The van der Waals surface area contributed by atoms with Crippen LogP contribution < -0.4 is 26.0 Å². The molecular weight excluding hydrogens is 638 g/mol. The summed E-state index contributed by atoms with van der Waals surface area (Å²) in [7, 11) is 2.06. The summed E-state index contributed by atoms with van der Waals surface area (Å²) in [4.78, 5) is 34.9. The predicted octanol–water partition coefficient (Wildman–Crippen LogP) is 3.91. The molecule has 3 aromatic heterocycles. The quantitative estimate of drug-likeness (QED) is 0.296. The van der Waals surface area contributed by atoms with Crippen molar-refractivity contribution in [1.82, 2.24) is 29.5 Å². The van der Waals surface area contributed by atoms with E-state index in [4.69, 9.17) is 4.42 Å². The fourth-order valence-electron chi connectivity index (χ4n) is 7.28. The maximum absolute atomic E-state index is 15.8. The van der Waals surface area contributed by atoms with Gasteiger partial charge in [-0.25, -0.2) is 8.78 Å². The van der Waals surface area contributed by atoms with Gasteiger partial charge in [-0.2, -0.15) is 0 Å². The molecular formula is C34H34F2N8O3S. The molecule has 2 aromatic carbocycles. The lowest BCUT2D eigenvalue weighted by Crippen LogP contribution is -2.45. The van der Waals surface area contributed by atoms with Gasteiger partial charge in [-0.3, -0.25) is 9.59 Å². The van der Waals surface area contributed by atoms with Crippen molar-refractivity contribution in [3.8, 4) is 22.9 Å². The minimum Gasteiger partial charge on any atom is -0.416 e. The summed E-state index contributed by atoms with van der Waals surface area (Å²) in [6, 6.07) is 4.60. The third-order valence-corrected chi connectivity index (χ3v) is 11.1. The topological polar surface area (TPSA) is 105 Å². The molecule has 2 saturated heterocycles. The Kier molecular flexibility index (Phi) is 7.10. The number of fused-ring (bicyclic) bond motifs is 1. The Hall–Kier alpha value is -4.27. The fraction of sp³-hybridized carbons (Fsp3) is 0.412. The first-order valence-corrected chi connectivity index (χ1v) is 17.5. The van der Waals surface area contributed by atoms with Crippen LogP contribution in [0.1, 0.15) is 18.9 Å². The van der Waals surface area contributed by atoms with Gasteiger partial charge in [0.05, 0.1) is 32.7 Å². The van der Waals surface area contributed by atoms with Crippen molar-refractivity contribution in [2.75, 3.05) is 75.0 Å². The van der Waals surface area contributed by atoms with Gasteiger partial charge in [0.1, 0.15) is 22.8 Å². The minimum absolute atomic E-state index is 0.0520. The number of pyridine rings is 2. The van der Waals surface area contributed by atoms with Crippen molar-refractivity contribution in [2.24, 2.45) is 0 Å². The average Bonchev–Trinajstić information content (AvgIpc) is 3.83. The molecule has 1 saturated carbocycles. The van der Waals surface area contributed by atoms with Crippen molar-refractivity contribution in [1.29, 1.82) is 0 Å². The fourth-order valence-corrected chi connectivity index (χ4v) is 8.50. The van der Waals surface area contributed by atoms with E-state index in [1.165, 1.54) is 12.1 Å². The Balaban J connectivity index is 1.14. The molecule has 5 aromatic rings. The molecule has 0 spiro atoms. The number of nitrogens with one attached hydrogen (secondary N) is 1. The second-order valence-corrected chi connectivity index (χ2v) is 14.2. The molecule has 0 bridgehead atoms. The van der Waals surface area contributed by atoms with E-state index in [0.717, 1.165) is 43.9 Å². The van der Waals surface area contributed by atoms with Crippen molar-refractivity contribution >= 4 is 44.9 Å². The number of aromatic nitrogens is 4. The third-order valence-electron chi connectivity index (χ3n) is 10.0. The monoisotopic (exact) mass is 672 g/mol. The van der Waals surface area contributed by atoms with Crippen LogP contribution in [0.15, 0.2) is 49.5 Å². The van der Waals surface area contributed by atoms with E-state index < -0.39 is 22.5 Å².